The van der Waals surface area contributed by atoms with Crippen LogP contribution in [-0.4, -0.2) is 37.0 Å². The van der Waals surface area contributed by atoms with Crippen LogP contribution < -0.4 is 0 Å². The predicted molar refractivity (Wildman–Crippen MR) is 269 cm³/mol. The minimum Gasteiger partial charge on any atom is -0.457 e. The Balaban J connectivity index is 3.53. The monoisotopic (exact) mass is 845 g/mol. The van der Waals surface area contributed by atoms with Gasteiger partial charge in [-0.1, -0.05) is 220 Å². The van der Waals surface area contributed by atoms with E-state index in [9.17, 15) is 9.90 Å². The largest absolute Gasteiger partial charge is 0.457 e. The molecule has 348 valence electrons. The van der Waals surface area contributed by atoms with Crippen molar-refractivity contribution in [3.63, 3.8) is 0 Å². The normalized spacial score (nSPS) is 13.3. The van der Waals surface area contributed by atoms with Crippen LogP contribution in [0.4, 0.5) is 0 Å². The Morgan fingerprint density at radius 2 is 0.738 bits per heavy atom. The van der Waals surface area contributed by atoms with E-state index in [1.54, 1.807) is 0 Å². The first-order valence-corrected chi connectivity index (χ1v) is 25.5. The number of ether oxygens (including phenoxy) is 2. The van der Waals surface area contributed by atoms with Gasteiger partial charge in [-0.05, 0) is 103 Å². The van der Waals surface area contributed by atoms with Crippen LogP contribution in [0.5, 0.6) is 0 Å². The fourth-order valence-corrected chi connectivity index (χ4v) is 6.81. The van der Waals surface area contributed by atoms with E-state index in [0.29, 0.717) is 13.0 Å². The molecule has 0 bridgehead atoms. The van der Waals surface area contributed by atoms with Crippen LogP contribution >= 0.6 is 0 Å². The lowest BCUT2D eigenvalue weighted by molar-refractivity contribution is -0.154. The first-order valence-electron chi connectivity index (χ1n) is 25.5. The van der Waals surface area contributed by atoms with E-state index in [2.05, 4.69) is 123 Å². The van der Waals surface area contributed by atoms with Crippen LogP contribution in [-0.2, 0) is 14.3 Å². The summed E-state index contributed by atoms with van der Waals surface area (Å²) in [5.41, 5.74) is 0. The third-order valence-corrected chi connectivity index (χ3v) is 10.6. The molecule has 0 aromatic carbocycles. The second-order valence-electron chi connectivity index (χ2n) is 16.5. The summed E-state index contributed by atoms with van der Waals surface area (Å²) in [6, 6.07) is 0. The van der Waals surface area contributed by atoms with Gasteiger partial charge in [0.15, 0.2) is 0 Å². The number of carbonyl (C=O) groups excluding carboxylic acids is 1. The molecule has 0 rings (SSSR count). The summed E-state index contributed by atoms with van der Waals surface area (Å²) >= 11 is 0. The number of unbranched alkanes of at least 4 members (excludes halogenated alkanes) is 20. The SMILES string of the molecule is CC/C=C\C/C=C\C/C=C\C/C=C\C/C=C\C/C=C\C/C=C\CCCCCCOCC(CO)OC(=O)CCCCCCCCCCCCC/C=C\C/C=C\CCCCCCC. The molecule has 0 aromatic rings. The molecule has 1 unspecified atom stereocenters. The number of hydrogen-bond acceptors (Lipinski definition) is 4. The Labute approximate surface area is 378 Å². The quantitative estimate of drug-likeness (QED) is 0.0377. The van der Waals surface area contributed by atoms with Crippen LogP contribution in [0.25, 0.3) is 0 Å². The molecule has 4 heteroatoms. The molecule has 1 N–H and O–H groups in total. The van der Waals surface area contributed by atoms with Crippen molar-refractivity contribution >= 4 is 5.97 Å². The Morgan fingerprint density at radius 3 is 1.11 bits per heavy atom. The standard InChI is InChI=1S/C57H96O4/c1-3-5-7-9-11-13-15-17-19-21-23-25-27-28-29-31-33-35-37-39-41-43-45-47-49-51-53-60-55-56(54-58)61-57(59)52-50-48-46-44-42-40-38-36-34-32-30-26-24-22-20-18-16-14-12-10-8-6-4-2/h5,7,11,13,16-19,22-25,28-29,33,35,39,41,56,58H,3-4,6,8-10,12,14-15,20-21,26-27,30-32,34,36-38,40,42-55H2,1-2H3/b7-5-,13-11-,18-16-,19-17-,24-22-,25-23-,29-28-,35-33-,41-39-. The van der Waals surface area contributed by atoms with E-state index >= 15 is 0 Å². The zero-order valence-corrected chi connectivity index (χ0v) is 39.9. The first-order chi connectivity index (χ1) is 30.2. The molecule has 0 aliphatic carbocycles. The fourth-order valence-electron chi connectivity index (χ4n) is 6.81. The number of carbonyl (C=O) groups is 1. The van der Waals surface area contributed by atoms with Crippen molar-refractivity contribution < 1.29 is 19.4 Å². The van der Waals surface area contributed by atoms with Gasteiger partial charge in [-0.25, -0.2) is 0 Å². The first kappa shape index (κ1) is 58.0. The molecule has 0 saturated carbocycles. The van der Waals surface area contributed by atoms with Gasteiger partial charge >= 0.3 is 5.97 Å². The number of esters is 1. The van der Waals surface area contributed by atoms with Gasteiger partial charge in [-0.15, -0.1) is 0 Å². The zero-order chi connectivity index (χ0) is 44.0. The van der Waals surface area contributed by atoms with E-state index in [1.807, 2.05) is 0 Å². The van der Waals surface area contributed by atoms with Gasteiger partial charge in [0.05, 0.1) is 13.2 Å². The molecule has 0 fully saturated rings. The van der Waals surface area contributed by atoms with Crippen molar-refractivity contribution in [2.24, 2.45) is 0 Å². The van der Waals surface area contributed by atoms with Gasteiger partial charge in [-0.3, -0.25) is 4.79 Å². The molecular weight excluding hydrogens is 749 g/mol. The number of hydrogen-bond donors (Lipinski definition) is 1. The molecule has 0 saturated heterocycles. The molecular formula is C57H96O4. The minimum absolute atomic E-state index is 0.190. The van der Waals surface area contributed by atoms with Gasteiger partial charge in [0, 0.05) is 13.0 Å². The molecule has 0 aliphatic rings. The van der Waals surface area contributed by atoms with E-state index < -0.39 is 6.10 Å². The molecule has 61 heavy (non-hydrogen) atoms. The third kappa shape index (κ3) is 51.3. The van der Waals surface area contributed by atoms with Crippen LogP contribution in [0.1, 0.15) is 219 Å². The highest BCUT2D eigenvalue weighted by Gasteiger charge is 2.13. The maximum Gasteiger partial charge on any atom is 0.306 e. The van der Waals surface area contributed by atoms with Crippen molar-refractivity contribution in [3.05, 3.63) is 109 Å². The molecule has 0 amide bonds. The highest BCUT2D eigenvalue weighted by molar-refractivity contribution is 5.69. The number of allylic oxidation sites excluding steroid dienone is 18. The van der Waals surface area contributed by atoms with Crippen molar-refractivity contribution in [1.82, 2.24) is 0 Å². The van der Waals surface area contributed by atoms with Crippen LogP contribution in [0.3, 0.4) is 0 Å². The summed E-state index contributed by atoms with van der Waals surface area (Å²) in [4.78, 5) is 12.3. The van der Waals surface area contributed by atoms with Crippen LogP contribution in [0, 0.1) is 0 Å². The lowest BCUT2D eigenvalue weighted by Gasteiger charge is -2.15. The summed E-state index contributed by atoms with van der Waals surface area (Å²) in [5.74, 6) is -0.215. The second-order valence-corrected chi connectivity index (χ2v) is 16.5. The summed E-state index contributed by atoms with van der Waals surface area (Å²) in [7, 11) is 0. The average molecular weight is 845 g/mol. The van der Waals surface area contributed by atoms with Gasteiger partial charge in [-0.2, -0.15) is 0 Å². The fraction of sp³-hybridized carbons (Fsp3) is 0.667. The lowest BCUT2D eigenvalue weighted by atomic mass is 10.0. The third-order valence-electron chi connectivity index (χ3n) is 10.6. The van der Waals surface area contributed by atoms with Crippen molar-refractivity contribution in [2.45, 2.75) is 225 Å². The Kier molecular flexibility index (Phi) is 50.6. The summed E-state index contributed by atoms with van der Waals surface area (Å²) in [5, 5.41) is 9.65. The zero-order valence-electron chi connectivity index (χ0n) is 39.9. The summed E-state index contributed by atoms with van der Waals surface area (Å²) in [6.45, 7) is 5.16. The lowest BCUT2D eigenvalue weighted by Crippen LogP contribution is -2.27. The smallest absolute Gasteiger partial charge is 0.306 e. The highest BCUT2D eigenvalue weighted by Crippen LogP contribution is 2.14. The Bertz CT molecular complexity index is 1170. The highest BCUT2D eigenvalue weighted by atomic mass is 16.6. The molecule has 4 nitrogen and oxygen atoms in total. The van der Waals surface area contributed by atoms with Crippen molar-refractivity contribution in [2.75, 3.05) is 19.8 Å². The summed E-state index contributed by atoms with van der Waals surface area (Å²) < 4.78 is 11.2. The Morgan fingerprint density at radius 1 is 0.410 bits per heavy atom. The molecule has 0 heterocycles. The van der Waals surface area contributed by atoms with Gasteiger partial charge in [0.1, 0.15) is 6.10 Å². The van der Waals surface area contributed by atoms with Crippen LogP contribution in [0.15, 0.2) is 109 Å². The topological polar surface area (TPSA) is 55.8 Å². The van der Waals surface area contributed by atoms with Crippen molar-refractivity contribution in [3.8, 4) is 0 Å². The second kappa shape index (κ2) is 53.2. The number of aliphatic hydroxyl groups is 1. The molecule has 0 spiro atoms. The van der Waals surface area contributed by atoms with Gasteiger partial charge in [0.2, 0.25) is 0 Å². The summed E-state index contributed by atoms with van der Waals surface area (Å²) in [6.07, 6.45) is 77.4. The molecule has 1 atom stereocenters. The maximum atomic E-state index is 12.3. The number of rotatable bonds is 46. The van der Waals surface area contributed by atoms with Gasteiger partial charge in [0.25, 0.3) is 0 Å². The maximum absolute atomic E-state index is 12.3. The van der Waals surface area contributed by atoms with E-state index in [-0.39, 0.29) is 19.2 Å². The van der Waals surface area contributed by atoms with Crippen molar-refractivity contribution in [1.29, 1.82) is 0 Å². The van der Waals surface area contributed by atoms with E-state index in [1.165, 1.54) is 116 Å². The predicted octanol–water partition coefficient (Wildman–Crippen LogP) is 17.4. The average Bonchev–Trinajstić information content (AvgIpc) is 3.27. The van der Waals surface area contributed by atoms with E-state index in [4.69, 9.17) is 9.47 Å². The number of aliphatic hydroxyl groups excluding tert-OH is 1. The molecule has 0 radical (unpaired) electrons. The molecule has 0 aliphatic heterocycles. The minimum atomic E-state index is -0.558. The Hall–Kier alpha value is -2.95. The van der Waals surface area contributed by atoms with E-state index in [0.717, 1.165) is 83.5 Å². The molecule has 0 aromatic heterocycles. The van der Waals surface area contributed by atoms with Gasteiger partial charge < -0.3 is 14.6 Å². The van der Waals surface area contributed by atoms with Crippen LogP contribution in [0.2, 0.25) is 0 Å².